The predicted molar refractivity (Wildman–Crippen MR) is 71.3 cm³/mol. The van der Waals surface area contributed by atoms with Gasteiger partial charge in [-0.3, -0.25) is 4.79 Å². The summed E-state index contributed by atoms with van der Waals surface area (Å²) >= 11 is 0. The van der Waals surface area contributed by atoms with Gasteiger partial charge in [-0.25, -0.2) is 4.98 Å². The van der Waals surface area contributed by atoms with Crippen LogP contribution in [0.15, 0.2) is 48.8 Å². The lowest BCUT2D eigenvalue weighted by molar-refractivity contribution is 0.0993. The predicted octanol–water partition coefficient (Wildman–Crippen LogP) is 1.83. The molecule has 0 fully saturated rings. The van der Waals surface area contributed by atoms with Crippen LogP contribution in [0, 0.1) is 0 Å². The maximum atomic E-state index is 11.1. The van der Waals surface area contributed by atoms with Crippen LogP contribution in [0.25, 0.3) is 16.6 Å². The number of benzene rings is 1. The Hall–Kier alpha value is -2.82. The molecule has 5 nitrogen and oxygen atoms in total. The third kappa shape index (κ3) is 1.72. The lowest BCUT2D eigenvalue weighted by Gasteiger charge is -2.06. The van der Waals surface area contributed by atoms with E-state index in [2.05, 4.69) is 4.98 Å². The monoisotopic (exact) mass is 253 g/mol. The quantitative estimate of drug-likeness (QED) is 0.731. The van der Waals surface area contributed by atoms with E-state index in [1.54, 1.807) is 6.07 Å². The summed E-state index contributed by atoms with van der Waals surface area (Å²) in [6.45, 7) is 0. The molecule has 1 aromatic carbocycles. The molecule has 3 rings (SSSR count). The molecule has 19 heavy (non-hydrogen) atoms. The first-order valence-electron chi connectivity index (χ1n) is 5.72. The van der Waals surface area contributed by atoms with E-state index >= 15 is 0 Å². The summed E-state index contributed by atoms with van der Waals surface area (Å²) in [5.41, 5.74) is 6.71. The smallest absolute Gasteiger partial charge is 0.271 e. The Labute approximate surface area is 108 Å². The molecule has 1 amide bonds. The number of aromatic hydroxyl groups is 1. The molecule has 94 valence electrons. The van der Waals surface area contributed by atoms with Gasteiger partial charge in [-0.1, -0.05) is 18.2 Å². The average Bonchev–Trinajstić information content (AvgIpc) is 2.84. The van der Waals surface area contributed by atoms with E-state index in [-0.39, 0.29) is 11.4 Å². The summed E-state index contributed by atoms with van der Waals surface area (Å²) in [4.78, 5) is 15.1. The summed E-state index contributed by atoms with van der Waals surface area (Å²) in [7, 11) is 0. The van der Waals surface area contributed by atoms with Crippen molar-refractivity contribution in [2.75, 3.05) is 0 Å². The maximum Gasteiger partial charge on any atom is 0.271 e. The Morgan fingerprint density at radius 2 is 1.95 bits per heavy atom. The van der Waals surface area contributed by atoms with Gasteiger partial charge in [0.05, 0.1) is 11.7 Å². The molecule has 0 atom stereocenters. The molecule has 0 aliphatic rings. The molecule has 0 saturated carbocycles. The first kappa shape index (κ1) is 11.3. The van der Waals surface area contributed by atoms with Crippen molar-refractivity contribution in [1.29, 1.82) is 0 Å². The van der Waals surface area contributed by atoms with Gasteiger partial charge in [0.25, 0.3) is 5.91 Å². The molecule has 0 bridgehead atoms. The number of nitrogens with two attached hydrogens (primary N) is 1. The Bertz CT molecular complexity index is 763. The number of pyridine rings is 1. The van der Waals surface area contributed by atoms with Crippen LogP contribution in [-0.2, 0) is 0 Å². The molecule has 0 aliphatic carbocycles. The first-order chi connectivity index (χ1) is 9.18. The second-order valence-corrected chi connectivity index (χ2v) is 4.14. The van der Waals surface area contributed by atoms with Crippen LogP contribution >= 0.6 is 0 Å². The van der Waals surface area contributed by atoms with Crippen molar-refractivity contribution in [3.05, 3.63) is 54.5 Å². The molecular weight excluding hydrogens is 242 g/mol. The number of aromatic nitrogens is 2. The van der Waals surface area contributed by atoms with Crippen molar-refractivity contribution in [2.24, 2.45) is 5.73 Å². The first-order valence-corrected chi connectivity index (χ1v) is 5.72. The zero-order valence-corrected chi connectivity index (χ0v) is 9.95. The van der Waals surface area contributed by atoms with E-state index in [4.69, 9.17) is 5.73 Å². The third-order valence-corrected chi connectivity index (χ3v) is 2.99. The Balaban J connectivity index is 2.26. The van der Waals surface area contributed by atoms with Gasteiger partial charge in [-0.05, 0) is 18.2 Å². The van der Waals surface area contributed by atoms with Crippen molar-refractivity contribution in [2.45, 2.75) is 0 Å². The number of fused-ring (bicyclic) bond motifs is 1. The topological polar surface area (TPSA) is 81.1 Å². The average molecular weight is 253 g/mol. The molecule has 2 aromatic heterocycles. The molecule has 0 saturated heterocycles. The molecule has 0 radical (unpaired) electrons. The number of para-hydroxylation sites is 1. The number of rotatable bonds is 2. The molecule has 0 aliphatic heterocycles. The minimum Gasteiger partial charge on any atom is -0.505 e. The highest BCUT2D eigenvalue weighted by atomic mass is 16.3. The number of nitrogens with zero attached hydrogens (tertiary/aromatic N) is 2. The lowest BCUT2D eigenvalue weighted by Crippen LogP contribution is -2.13. The minimum absolute atomic E-state index is 0.113. The van der Waals surface area contributed by atoms with E-state index in [0.717, 1.165) is 5.69 Å². The Morgan fingerprint density at radius 1 is 1.21 bits per heavy atom. The molecular formula is C14H11N3O2. The van der Waals surface area contributed by atoms with Crippen molar-refractivity contribution in [3.8, 4) is 11.4 Å². The fraction of sp³-hybridized carbons (Fsp3) is 0. The highest BCUT2D eigenvalue weighted by Crippen LogP contribution is 2.29. The molecule has 3 N–H and O–H groups in total. The van der Waals surface area contributed by atoms with Crippen molar-refractivity contribution in [3.63, 3.8) is 0 Å². The molecule has 0 unspecified atom stereocenters. The zero-order chi connectivity index (χ0) is 13.4. The van der Waals surface area contributed by atoms with E-state index < -0.39 is 5.91 Å². The minimum atomic E-state index is -0.744. The van der Waals surface area contributed by atoms with E-state index in [9.17, 15) is 9.90 Å². The highest BCUT2D eigenvalue weighted by molar-refractivity contribution is 6.00. The number of hydrogen-bond acceptors (Lipinski definition) is 3. The van der Waals surface area contributed by atoms with Crippen LogP contribution in [0.1, 0.15) is 10.5 Å². The Kier molecular flexibility index (Phi) is 2.45. The molecule has 2 heterocycles. The van der Waals surface area contributed by atoms with Crippen LogP contribution in [0.2, 0.25) is 0 Å². The zero-order valence-electron chi connectivity index (χ0n) is 9.95. The number of primary amides is 1. The molecule has 5 heteroatoms. The van der Waals surface area contributed by atoms with Crippen LogP contribution in [0.4, 0.5) is 0 Å². The van der Waals surface area contributed by atoms with Crippen LogP contribution < -0.4 is 5.73 Å². The van der Waals surface area contributed by atoms with Gasteiger partial charge < -0.3 is 15.4 Å². The van der Waals surface area contributed by atoms with Crippen molar-refractivity contribution < 1.29 is 9.90 Å². The summed E-state index contributed by atoms with van der Waals surface area (Å²) < 4.78 is 1.88. The number of amides is 1. The van der Waals surface area contributed by atoms with Crippen LogP contribution in [0.5, 0.6) is 5.75 Å². The summed E-state index contributed by atoms with van der Waals surface area (Å²) in [5.74, 6) is -0.924. The summed E-state index contributed by atoms with van der Waals surface area (Å²) in [6.07, 6.45) is 3.34. The van der Waals surface area contributed by atoms with Gasteiger partial charge in [0.15, 0.2) is 11.4 Å². The summed E-state index contributed by atoms with van der Waals surface area (Å²) in [6, 6.07) is 11.4. The number of carbonyl (C=O) groups is 1. The third-order valence-electron chi connectivity index (χ3n) is 2.99. The van der Waals surface area contributed by atoms with Crippen molar-refractivity contribution in [1.82, 2.24) is 9.55 Å². The van der Waals surface area contributed by atoms with Gasteiger partial charge >= 0.3 is 0 Å². The largest absolute Gasteiger partial charge is 0.505 e. The SMILES string of the molecule is NC(=O)c1ncc2c(ccn2-c2ccccc2)c1O. The van der Waals surface area contributed by atoms with Crippen LogP contribution in [-0.4, -0.2) is 20.6 Å². The van der Waals surface area contributed by atoms with E-state index in [0.29, 0.717) is 10.9 Å². The second kappa shape index (κ2) is 4.13. The Morgan fingerprint density at radius 3 is 2.63 bits per heavy atom. The lowest BCUT2D eigenvalue weighted by atomic mass is 10.2. The fourth-order valence-corrected chi connectivity index (χ4v) is 2.08. The van der Waals surface area contributed by atoms with E-state index in [1.165, 1.54) is 6.20 Å². The van der Waals surface area contributed by atoms with Gasteiger partial charge in [0.1, 0.15) is 0 Å². The standard InChI is InChI=1S/C14H11N3O2/c15-14(19)12-13(18)10-6-7-17(11(10)8-16-12)9-4-2-1-3-5-9/h1-8,18H,(H2,15,19). The fourth-order valence-electron chi connectivity index (χ4n) is 2.08. The van der Waals surface area contributed by atoms with Gasteiger partial charge in [-0.2, -0.15) is 0 Å². The second-order valence-electron chi connectivity index (χ2n) is 4.14. The van der Waals surface area contributed by atoms with Gasteiger partial charge in [0.2, 0.25) is 0 Å². The van der Waals surface area contributed by atoms with Crippen molar-refractivity contribution >= 4 is 16.8 Å². The normalized spacial score (nSPS) is 10.7. The highest BCUT2D eigenvalue weighted by Gasteiger charge is 2.15. The molecule has 3 aromatic rings. The van der Waals surface area contributed by atoms with E-state index in [1.807, 2.05) is 41.1 Å². The molecule has 0 spiro atoms. The van der Waals surface area contributed by atoms with Gasteiger partial charge in [0, 0.05) is 17.3 Å². The van der Waals surface area contributed by atoms with Crippen LogP contribution in [0.3, 0.4) is 0 Å². The number of hydrogen-bond donors (Lipinski definition) is 2. The van der Waals surface area contributed by atoms with Gasteiger partial charge in [-0.15, -0.1) is 0 Å². The summed E-state index contributed by atoms with van der Waals surface area (Å²) in [5, 5.41) is 10.6. The maximum absolute atomic E-state index is 11.1. The number of carbonyl (C=O) groups excluding carboxylic acids is 1.